The summed E-state index contributed by atoms with van der Waals surface area (Å²) in [5, 5.41) is 15.1. The number of piperidine rings is 1. The lowest BCUT2D eigenvalue weighted by atomic mass is 10.1. The molecule has 2 aromatic rings. The van der Waals surface area contributed by atoms with Crippen LogP contribution in [0.25, 0.3) is 0 Å². The second-order valence-electron chi connectivity index (χ2n) is 7.13. The molecule has 0 bridgehead atoms. The van der Waals surface area contributed by atoms with E-state index in [4.69, 9.17) is 4.74 Å². The molecule has 1 amide bonds. The average molecular weight is 410 g/mol. The van der Waals surface area contributed by atoms with Crippen LogP contribution >= 0.6 is 0 Å². The molecule has 1 aliphatic heterocycles. The van der Waals surface area contributed by atoms with Crippen LogP contribution in [-0.4, -0.2) is 36.7 Å². The fraction of sp³-hybridized carbons (Fsp3) is 0.364. The van der Waals surface area contributed by atoms with Crippen LogP contribution in [0.15, 0.2) is 47.6 Å². The number of nitrogens with zero attached hydrogens (tertiary/aromatic N) is 3. The number of carbonyl (C=O) groups is 1. The van der Waals surface area contributed by atoms with E-state index in [0.717, 1.165) is 38.0 Å². The van der Waals surface area contributed by atoms with Crippen molar-refractivity contribution in [3.05, 3.63) is 63.7 Å². The summed E-state index contributed by atoms with van der Waals surface area (Å²) in [5.74, 6) is 0.202. The number of benzene rings is 2. The Bertz CT molecular complexity index is 906. The zero-order valence-corrected chi connectivity index (χ0v) is 17.0. The van der Waals surface area contributed by atoms with Crippen molar-refractivity contribution in [2.45, 2.75) is 32.6 Å². The zero-order valence-electron chi connectivity index (χ0n) is 17.0. The standard InChI is InChI=1S/C22H26N4O4/c1-2-17-6-9-20(10-7-17)30-16-22(27)24-23-15-18-14-19(26(28)29)8-11-21(18)25-12-4-3-5-13-25/h6-11,14-15H,2-5,12-13,16H2,1H3,(H,24,27)/b23-15+. The third-order valence-electron chi connectivity index (χ3n) is 5.01. The van der Waals surface area contributed by atoms with Crippen LogP contribution in [-0.2, 0) is 11.2 Å². The molecule has 1 heterocycles. The van der Waals surface area contributed by atoms with E-state index in [1.165, 1.54) is 30.3 Å². The topological polar surface area (TPSA) is 97.1 Å². The lowest BCUT2D eigenvalue weighted by Crippen LogP contribution is -2.30. The van der Waals surface area contributed by atoms with Crippen LogP contribution in [0.2, 0.25) is 0 Å². The fourth-order valence-corrected chi connectivity index (χ4v) is 3.36. The SMILES string of the molecule is CCc1ccc(OCC(=O)N/N=C/c2cc([N+](=O)[O-])ccc2N2CCCCC2)cc1. The third kappa shape index (κ3) is 5.79. The summed E-state index contributed by atoms with van der Waals surface area (Å²) in [6.45, 7) is 3.70. The van der Waals surface area contributed by atoms with E-state index in [9.17, 15) is 14.9 Å². The monoisotopic (exact) mass is 410 g/mol. The molecule has 30 heavy (non-hydrogen) atoms. The molecule has 3 rings (SSSR count). The molecule has 8 nitrogen and oxygen atoms in total. The number of hydrogen-bond acceptors (Lipinski definition) is 6. The molecular formula is C22H26N4O4. The minimum absolute atomic E-state index is 0.0117. The van der Waals surface area contributed by atoms with Gasteiger partial charge in [0, 0.05) is 36.5 Å². The van der Waals surface area contributed by atoms with E-state index in [2.05, 4.69) is 22.4 Å². The lowest BCUT2D eigenvalue weighted by molar-refractivity contribution is -0.384. The van der Waals surface area contributed by atoms with Gasteiger partial charge in [-0.25, -0.2) is 5.43 Å². The van der Waals surface area contributed by atoms with Crippen molar-refractivity contribution in [3.8, 4) is 5.75 Å². The molecule has 158 valence electrons. The summed E-state index contributed by atoms with van der Waals surface area (Å²) in [5.41, 5.74) is 5.08. The van der Waals surface area contributed by atoms with Crippen molar-refractivity contribution < 1.29 is 14.5 Å². The molecule has 1 N–H and O–H groups in total. The van der Waals surface area contributed by atoms with Gasteiger partial charge in [-0.3, -0.25) is 14.9 Å². The number of nitro benzene ring substituents is 1. The second-order valence-corrected chi connectivity index (χ2v) is 7.13. The van der Waals surface area contributed by atoms with Crippen molar-refractivity contribution in [1.82, 2.24) is 5.43 Å². The fourth-order valence-electron chi connectivity index (χ4n) is 3.36. The summed E-state index contributed by atoms with van der Waals surface area (Å²) in [6.07, 6.45) is 5.74. The summed E-state index contributed by atoms with van der Waals surface area (Å²) in [4.78, 5) is 24.9. The molecule has 0 saturated carbocycles. The van der Waals surface area contributed by atoms with Crippen LogP contribution in [0.4, 0.5) is 11.4 Å². The van der Waals surface area contributed by atoms with Crippen molar-refractivity contribution in [3.63, 3.8) is 0 Å². The van der Waals surface area contributed by atoms with E-state index in [-0.39, 0.29) is 12.3 Å². The van der Waals surface area contributed by atoms with Crippen LogP contribution < -0.4 is 15.1 Å². The number of nitro groups is 1. The van der Waals surface area contributed by atoms with Gasteiger partial charge in [0.2, 0.25) is 0 Å². The number of nitrogens with one attached hydrogen (secondary N) is 1. The highest BCUT2D eigenvalue weighted by atomic mass is 16.6. The molecule has 2 aromatic carbocycles. The molecule has 1 saturated heterocycles. The summed E-state index contributed by atoms with van der Waals surface area (Å²) < 4.78 is 5.46. The Balaban J connectivity index is 1.62. The highest BCUT2D eigenvalue weighted by Crippen LogP contribution is 2.26. The highest BCUT2D eigenvalue weighted by molar-refractivity contribution is 5.90. The number of aryl methyl sites for hydroxylation is 1. The summed E-state index contributed by atoms with van der Waals surface area (Å²) in [7, 11) is 0. The third-order valence-corrected chi connectivity index (χ3v) is 5.01. The minimum atomic E-state index is -0.437. The quantitative estimate of drug-likeness (QED) is 0.407. The summed E-state index contributed by atoms with van der Waals surface area (Å²) in [6, 6.07) is 12.3. The van der Waals surface area contributed by atoms with Crippen molar-refractivity contribution in [2.24, 2.45) is 5.10 Å². The van der Waals surface area contributed by atoms with E-state index >= 15 is 0 Å². The van der Waals surface area contributed by atoms with Crippen LogP contribution in [0, 0.1) is 10.1 Å². The van der Waals surface area contributed by atoms with Gasteiger partial charge in [0.25, 0.3) is 11.6 Å². The van der Waals surface area contributed by atoms with Crippen molar-refractivity contribution >= 4 is 23.5 Å². The Kier molecular flexibility index (Phi) is 7.37. The Morgan fingerprint density at radius 1 is 1.20 bits per heavy atom. The Morgan fingerprint density at radius 3 is 2.60 bits per heavy atom. The zero-order chi connectivity index (χ0) is 21.3. The molecule has 1 fully saturated rings. The molecule has 0 unspecified atom stereocenters. The number of amides is 1. The second kappa shape index (κ2) is 10.4. The number of non-ortho nitro benzene ring substituents is 1. The molecule has 0 atom stereocenters. The predicted octanol–water partition coefficient (Wildman–Crippen LogP) is 3.68. The molecule has 0 aliphatic carbocycles. The predicted molar refractivity (Wildman–Crippen MR) is 116 cm³/mol. The van der Waals surface area contributed by atoms with Gasteiger partial charge >= 0.3 is 0 Å². The number of rotatable bonds is 8. The number of carbonyl (C=O) groups excluding carboxylic acids is 1. The van der Waals surface area contributed by atoms with Gasteiger partial charge in [-0.15, -0.1) is 0 Å². The van der Waals surface area contributed by atoms with Gasteiger partial charge < -0.3 is 9.64 Å². The van der Waals surface area contributed by atoms with Crippen LogP contribution in [0.5, 0.6) is 5.75 Å². The first-order chi connectivity index (χ1) is 14.6. The molecule has 8 heteroatoms. The molecule has 1 aliphatic rings. The van der Waals surface area contributed by atoms with Gasteiger partial charge in [-0.05, 0) is 49.4 Å². The van der Waals surface area contributed by atoms with E-state index < -0.39 is 10.8 Å². The lowest BCUT2D eigenvalue weighted by Gasteiger charge is -2.29. The van der Waals surface area contributed by atoms with Crippen molar-refractivity contribution in [1.29, 1.82) is 0 Å². The van der Waals surface area contributed by atoms with Gasteiger partial charge in [-0.2, -0.15) is 5.10 Å². The normalized spacial score (nSPS) is 14.0. The minimum Gasteiger partial charge on any atom is -0.484 e. The first-order valence-electron chi connectivity index (χ1n) is 10.1. The first kappa shape index (κ1) is 21.3. The van der Waals surface area contributed by atoms with Crippen LogP contribution in [0.3, 0.4) is 0 Å². The van der Waals surface area contributed by atoms with E-state index in [1.54, 1.807) is 6.07 Å². The maximum atomic E-state index is 12.0. The Morgan fingerprint density at radius 2 is 1.93 bits per heavy atom. The van der Waals surface area contributed by atoms with Gasteiger partial charge in [0.15, 0.2) is 6.61 Å². The Labute approximate surface area is 175 Å². The Hall–Kier alpha value is -3.42. The van der Waals surface area contributed by atoms with Crippen LogP contribution in [0.1, 0.15) is 37.3 Å². The largest absolute Gasteiger partial charge is 0.484 e. The number of ether oxygens (including phenoxy) is 1. The maximum Gasteiger partial charge on any atom is 0.277 e. The highest BCUT2D eigenvalue weighted by Gasteiger charge is 2.17. The van der Waals surface area contributed by atoms with Crippen molar-refractivity contribution in [2.75, 3.05) is 24.6 Å². The first-order valence-corrected chi connectivity index (χ1v) is 10.1. The number of hydrazone groups is 1. The maximum absolute atomic E-state index is 12.0. The number of hydrogen-bond donors (Lipinski definition) is 1. The van der Waals surface area contributed by atoms with Gasteiger partial charge in [0.05, 0.1) is 11.1 Å². The molecular weight excluding hydrogens is 384 g/mol. The van der Waals surface area contributed by atoms with E-state index in [0.29, 0.717) is 11.3 Å². The number of anilines is 1. The molecule has 0 radical (unpaired) electrons. The van der Waals surface area contributed by atoms with Gasteiger partial charge in [0.1, 0.15) is 5.75 Å². The smallest absolute Gasteiger partial charge is 0.277 e. The molecule has 0 spiro atoms. The van der Waals surface area contributed by atoms with E-state index in [1.807, 2.05) is 24.3 Å². The molecule has 0 aromatic heterocycles. The van der Waals surface area contributed by atoms with Gasteiger partial charge in [-0.1, -0.05) is 19.1 Å². The average Bonchev–Trinajstić information content (AvgIpc) is 2.78. The summed E-state index contributed by atoms with van der Waals surface area (Å²) >= 11 is 0.